The molecule has 5 heteroatoms. The van der Waals surface area contributed by atoms with Gasteiger partial charge in [0, 0.05) is 0 Å². The molecule has 0 saturated heterocycles. The fraction of sp³-hybridized carbons (Fsp3) is 0.273. The number of rotatable bonds is 2. The maximum absolute atomic E-state index is 10.5. The summed E-state index contributed by atoms with van der Waals surface area (Å²) in [5, 5.41) is 8.24. The van der Waals surface area contributed by atoms with Crippen LogP contribution >= 0.6 is 0 Å². The molecule has 90 valence electrons. The first-order valence-electron chi connectivity index (χ1n) is 4.62. The molecule has 1 rings (SSSR count). The molecule has 1 aromatic carbocycles. The normalized spacial score (nSPS) is 12.2. The molecule has 0 aliphatic rings. The number of aliphatic hydroxyl groups is 1. The molecule has 0 aromatic heterocycles. The summed E-state index contributed by atoms with van der Waals surface area (Å²) >= 11 is 0. The van der Waals surface area contributed by atoms with Crippen LogP contribution in [-0.2, 0) is 10.1 Å². The molecular weight excluding hydrogens is 228 g/mol. The number of aryl methyl sites for hydroxylation is 1. The Hall–Kier alpha value is -1.17. The summed E-state index contributed by atoms with van der Waals surface area (Å²) in [6.45, 7) is 6.81. The van der Waals surface area contributed by atoms with Crippen molar-refractivity contribution in [3.63, 3.8) is 0 Å². The van der Waals surface area contributed by atoms with Gasteiger partial charge in [0.25, 0.3) is 10.1 Å². The molecule has 1 unspecified atom stereocenters. The van der Waals surface area contributed by atoms with Crippen molar-refractivity contribution in [1.29, 1.82) is 0 Å². The Kier molecular flexibility index (Phi) is 5.95. The van der Waals surface area contributed by atoms with E-state index in [-0.39, 0.29) is 11.0 Å². The van der Waals surface area contributed by atoms with Crippen molar-refractivity contribution < 1.29 is 18.1 Å². The van der Waals surface area contributed by atoms with E-state index in [1.165, 1.54) is 18.2 Å². The van der Waals surface area contributed by atoms with E-state index in [0.717, 1.165) is 5.56 Å². The highest BCUT2D eigenvalue weighted by Crippen LogP contribution is 2.08. The third-order valence-electron chi connectivity index (χ3n) is 1.66. The summed E-state index contributed by atoms with van der Waals surface area (Å²) in [5.41, 5.74) is 0.956. The van der Waals surface area contributed by atoms with Gasteiger partial charge >= 0.3 is 0 Å². The van der Waals surface area contributed by atoms with Gasteiger partial charge in [-0.1, -0.05) is 23.8 Å². The summed E-state index contributed by atoms with van der Waals surface area (Å²) in [4.78, 5) is -0.0666. The summed E-state index contributed by atoms with van der Waals surface area (Å²) in [6.07, 6.45) is 1.12. The zero-order valence-corrected chi connectivity index (χ0v) is 10.1. The zero-order valence-electron chi connectivity index (χ0n) is 9.29. The van der Waals surface area contributed by atoms with E-state index in [4.69, 9.17) is 9.66 Å². The smallest absolute Gasteiger partial charge is 0.294 e. The second-order valence-electron chi connectivity index (χ2n) is 3.26. The lowest BCUT2D eigenvalue weighted by Gasteiger charge is -1.95. The molecule has 0 aliphatic heterocycles. The quantitative estimate of drug-likeness (QED) is 0.614. The van der Waals surface area contributed by atoms with Crippen molar-refractivity contribution in [2.45, 2.75) is 24.8 Å². The Bertz CT molecular complexity index is 418. The van der Waals surface area contributed by atoms with E-state index in [1.54, 1.807) is 19.1 Å². The van der Waals surface area contributed by atoms with Gasteiger partial charge in [-0.2, -0.15) is 8.42 Å². The van der Waals surface area contributed by atoms with Gasteiger partial charge in [-0.25, -0.2) is 0 Å². The van der Waals surface area contributed by atoms with Crippen LogP contribution in [0.3, 0.4) is 0 Å². The molecule has 16 heavy (non-hydrogen) atoms. The van der Waals surface area contributed by atoms with Gasteiger partial charge in [0.15, 0.2) is 0 Å². The average molecular weight is 244 g/mol. The van der Waals surface area contributed by atoms with E-state index < -0.39 is 10.1 Å². The fourth-order valence-corrected chi connectivity index (χ4v) is 1.19. The number of hydrogen-bond acceptors (Lipinski definition) is 3. The van der Waals surface area contributed by atoms with Gasteiger partial charge in [0.2, 0.25) is 0 Å². The van der Waals surface area contributed by atoms with Crippen LogP contribution in [0.5, 0.6) is 0 Å². The van der Waals surface area contributed by atoms with Crippen molar-refractivity contribution in [2.75, 3.05) is 0 Å². The molecule has 2 N–H and O–H groups in total. The molecule has 1 atom stereocenters. The minimum absolute atomic E-state index is 0.0666. The Balaban J connectivity index is 0.000000385. The van der Waals surface area contributed by atoms with Crippen LogP contribution in [0.2, 0.25) is 0 Å². The van der Waals surface area contributed by atoms with E-state index in [1.807, 2.05) is 6.92 Å². The molecule has 0 bridgehead atoms. The third kappa shape index (κ3) is 6.34. The second kappa shape index (κ2) is 6.42. The van der Waals surface area contributed by atoms with Crippen LogP contribution in [0.25, 0.3) is 0 Å². The van der Waals surface area contributed by atoms with Crippen LogP contribution in [0, 0.1) is 6.92 Å². The van der Waals surface area contributed by atoms with Crippen LogP contribution < -0.4 is 0 Å². The maximum Gasteiger partial charge on any atom is 0.294 e. The van der Waals surface area contributed by atoms with Gasteiger partial charge in [-0.3, -0.25) is 4.55 Å². The highest BCUT2D eigenvalue weighted by Gasteiger charge is 2.06. The fourth-order valence-electron chi connectivity index (χ4n) is 0.710. The first-order chi connectivity index (χ1) is 7.27. The van der Waals surface area contributed by atoms with Gasteiger partial charge in [0.05, 0.1) is 11.0 Å². The van der Waals surface area contributed by atoms with Crippen molar-refractivity contribution in [1.82, 2.24) is 0 Å². The largest absolute Gasteiger partial charge is 0.389 e. The van der Waals surface area contributed by atoms with Crippen LogP contribution in [-0.4, -0.2) is 24.2 Å². The molecule has 0 radical (unpaired) electrons. The Morgan fingerprint density at radius 3 is 1.94 bits per heavy atom. The lowest BCUT2D eigenvalue weighted by Crippen LogP contribution is -1.96. The highest BCUT2D eigenvalue weighted by atomic mass is 32.2. The molecule has 0 heterocycles. The van der Waals surface area contributed by atoms with E-state index in [0.29, 0.717) is 0 Å². The number of benzene rings is 1. The summed E-state index contributed by atoms with van der Waals surface area (Å²) in [5.74, 6) is 0. The predicted molar refractivity (Wildman–Crippen MR) is 62.9 cm³/mol. The van der Waals surface area contributed by atoms with Gasteiger partial charge < -0.3 is 5.11 Å². The van der Waals surface area contributed by atoms with Crippen molar-refractivity contribution in [3.8, 4) is 0 Å². The molecule has 0 aliphatic carbocycles. The maximum atomic E-state index is 10.5. The lowest BCUT2D eigenvalue weighted by molar-refractivity contribution is 0.244. The van der Waals surface area contributed by atoms with E-state index in [9.17, 15) is 8.42 Å². The summed E-state index contributed by atoms with van der Waals surface area (Å²) < 4.78 is 29.6. The molecule has 0 saturated carbocycles. The number of hydrogen-bond donors (Lipinski definition) is 2. The first-order valence-corrected chi connectivity index (χ1v) is 6.06. The topological polar surface area (TPSA) is 74.6 Å². The van der Waals surface area contributed by atoms with Gasteiger partial charge in [-0.05, 0) is 26.0 Å². The van der Waals surface area contributed by atoms with Crippen molar-refractivity contribution in [2.24, 2.45) is 0 Å². The predicted octanol–water partition coefficient (Wildman–Crippen LogP) is 1.79. The van der Waals surface area contributed by atoms with Crippen molar-refractivity contribution in [3.05, 3.63) is 42.5 Å². The monoisotopic (exact) mass is 244 g/mol. The summed E-state index contributed by atoms with van der Waals surface area (Å²) in [6, 6.07) is 5.99. The first kappa shape index (κ1) is 14.8. The zero-order chi connectivity index (χ0) is 12.8. The molecule has 0 spiro atoms. The van der Waals surface area contributed by atoms with Gasteiger partial charge in [-0.15, -0.1) is 6.58 Å². The van der Waals surface area contributed by atoms with Crippen LogP contribution in [0.1, 0.15) is 12.5 Å². The molecule has 1 aromatic rings. The molecule has 0 amide bonds. The lowest BCUT2D eigenvalue weighted by atomic mass is 10.2. The minimum atomic E-state index is -4.02. The minimum Gasteiger partial charge on any atom is -0.389 e. The van der Waals surface area contributed by atoms with E-state index >= 15 is 0 Å². The SMILES string of the molecule is C=CC(C)O.Cc1ccc(S(=O)(=O)O)cc1. The standard InChI is InChI=1S/C7H8O3S.C4H8O/c1-6-2-4-7(5-3-6)11(8,9)10;1-3-4(2)5/h2-5H,1H3,(H,8,9,10);3-5H,1H2,2H3. The van der Waals surface area contributed by atoms with Gasteiger partial charge in [0.1, 0.15) is 0 Å². The Labute approximate surface area is 96.0 Å². The average Bonchev–Trinajstić information content (AvgIpc) is 2.18. The highest BCUT2D eigenvalue weighted by molar-refractivity contribution is 7.85. The Morgan fingerprint density at radius 1 is 1.31 bits per heavy atom. The second-order valence-corrected chi connectivity index (χ2v) is 4.69. The molecule has 0 fully saturated rings. The Morgan fingerprint density at radius 2 is 1.69 bits per heavy atom. The third-order valence-corrected chi connectivity index (χ3v) is 2.53. The molecular formula is C11H16O4S. The number of aliphatic hydroxyl groups excluding tert-OH is 1. The molecule has 4 nitrogen and oxygen atoms in total. The van der Waals surface area contributed by atoms with E-state index in [2.05, 4.69) is 6.58 Å². The van der Waals surface area contributed by atoms with Crippen molar-refractivity contribution >= 4 is 10.1 Å². The summed E-state index contributed by atoms with van der Waals surface area (Å²) in [7, 11) is -4.02. The van der Waals surface area contributed by atoms with Crippen LogP contribution in [0.4, 0.5) is 0 Å². The van der Waals surface area contributed by atoms with Crippen LogP contribution in [0.15, 0.2) is 41.8 Å².